The van der Waals surface area contributed by atoms with Gasteiger partial charge < -0.3 is 4.74 Å². The van der Waals surface area contributed by atoms with Crippen molar-refractivity contribution in [2.24, 2.45) is 11.3 Å². The molecule has 0 saturated heterocycles. The predicted octanol–water partition coefficient (Wildman–Crippen LogP) is 8.17. The molecule has 1 atom stereocenters. The van der Waals surface area contributed by atoms with E-state index < -0.39 is 0 Å². The van der Waals surface area contributed by atoms with E-state index in [9.17, 15) is 0 Å². The van der Waals surface area contributed by atoms with Crippen LogP contribution >= 0.6 is 11.3 Å². The van der Waals surface area contributed by atoms with Crippen LogP contribution in [0.5, 0.6) is 5.75 Å². The molecule has 1 unspecified atom stereocenters. The normalized spacial score (nSPS) is 12.4. The zero-order chi connectivity index (χ0) is 22.1. The Morgan fingerprint density at radius 2 is 1.81 bits per heavy atom. The summed E-state index contributed by atoms with van der Waals surface area (Å²) in [4.78, 5) is 0. The van der Waals surface area contributed by atoms with E-state index in [0.717, 1.165) is 18.6 Å². The largest absolute Gasteiger partial charge is 0.489 e. The molecule has 0 radical (unpaired) electrons. The van der Waals surface area contributed by atoms with Crippen LogP contribution in [0.15, 0.2) is 77.5 Å². The molecule has 0 spiro atoms. The van der Waals surface area contributed by atoms with Gasteiger partial charge in [-0.15, -0.1) is 0 Å². The van der Waals surface area contributed by atoms with E-state index >= 15 is 0 Å². The fourth-order valence-corrected chi connectivity index (χ4v) is 3.97. The maximum atomic E-state index is 6.10. The van der Waals surface area contributed by atoms with Gasteiger partial charge >= 0.3 is 0 Å². The molecule has 0 N–H and O–H groups in total. The molecule has 0 aliphatic rings. The second kappa shape index (κ2) is 11.0. The van der Waals surface area contributed by atoms with Crippen LogP contribution in [0.4, 0.5) is 0 Å². The minimum Gasteiger partial charge on any atom is -0.489 e. The van der Waals surface area contributed by atoms with Gasteiger partial charge in [-0.1, -0.05) is 55.2 Å². The lowest BCUT2D eigenvalue weighted by molar-refractivity contribution is 0.306. The Balaban J connectivity index is 1.53. The van der Waals surface area contributed by atoms with Gasteiger partial charge in [-0.25, -0.2) is 0 Å². The minimum atomic E-state index is 0.0572. The highest BCUT2D eigenvalue weighted by atomic mass is 32.1. The van der Waals surface area contributed by atoms with Crippen molar-refractivity contribution in [3.05, 3.63) is 88.6 Å². The third-order valence-electron chi connectivity index (χ3n) is 4.86. The number of rotatable bonds is 8. The smallest absolute Gasteiger partial charge is 0.120 e. The van der Waals surface area contributed by atoms with Crippen LogP contribution in [0, 0.1) is 23.2 Å². The van der Waals surface area contributed by atoms with E-state index in [1.807, 2.05) is 12.1 Å². The first kappa shape index (κ1) is 22.9. The first-order chi connectivity index (χ1) is 14.9. The van der Waals surface area contributed by atoms with Gasteiger partial charge in [0.15, 0.2) is 0 Å². The topological polar surface area (TPSA) is 9.23 Å². The average Bonchev–Trinajstić information content (AvgIpc) is 3.27. The van der Waals surface area contributed by atoms with E-state index in [0.29, 0.717) is 12.5 Å². The number of allylic oxidation sites excluding steroid dienone is 2. The van der Waals surface area contributed by atoms with Gasteiger partial charge in [0.1, 0.15) is 12.4 Å². The predicted molar refractivity (Wildman–Crippen MR) is 134 cm³/mol. The average molecular weight is 429 g/mol. The van der Waals surface area contributed by atoms with E-state index in [2.05, 4.69) is 105 Å². The second-order valence-electron chi connectivity index (χ2n) is 9.12. The summed E-state index contributed by atoms with van der Waals surface area (Å²) >= 11 is 1.72. The van der Waals surface area contributed by atoms with E-state index in [-0.39, 0.29) is 5.41 Å². The minimum absolute atomic E-state index is 0.0572. The van der Waals surface area contributed by atoms with Gasteiger partial charge in [-0.2, -0.15) is 11.3 Å². The molecule has 0 bridgehead atoms. The maximum Gasteiger partial charge on any atom is 0.120 e. The Bertz CT molecular complexity index is 1040. The van der Waals surface area contributed by atoms with E-state index in [1.54, 1.807) is 11.3 Å². The zero-order valence-corrected chi connectivity index (χ0v) is 19.8. The zero-order valence-electron chi connectivity index (χ0n) is 19.0. The van der Waals surface area contributed by atoms with Gasteiger partial charge in [0.05, 0.1) is 0 Å². The van der Waals surface area contributed by atoms with Crippen molar-refractivity contribution in [3.63, 3.8) is 0 Å². The molecular weight excluding hydrogens is 396 g/mol. The Kier molecular flexibility index (Phi) is 8.15. The molecule has 160 valence electrons. The van der Waals surface area contributed by atoms with Crippen LogP contribution < -0.4 is 4.74 Å². The van der Waals surface area contributed by atoms with Crippen molar-refractivity contribution >= 4 is 11.3 Å². The number of hydrogen-bond acceptors (Lipinski definition) is 2. The third-order valence-corrected chi connectivity index (χ3v) is 5.54. The van der Waals surface area contributed by atoms with Crippen LogP contribution in [0.25, 0.3) is 11.1 Å². The van der Waals surface area contributed by atoms with Crippen molar-refractivity contribution in [2.45, 2.75) is 47.1 Å². The van der Waals surface area contributed by atoms with Gasteiger partial charge in [0.25, 0.3) is 0 Å². The van der Waals surface area contributed by atoms with Crippen LogP contribution in [0.2, 0.25) is 0 Å². The summed E-state index contributed by atoms with van der Waals surface area (Å²) in [6, 6.07) is 19.2. The number of ether oxygens (including phenoxy) is 1. The summed E-state index contributed by atoms with van der Waals surface area (Å²) in [5.41, 5.74) is 5.06. The summed E-state index contributed by atoms with van der Waals surface area (Å²) in [6.07, 6.45) is 6.23. The molecule has 0 aliphatic carbocycles. The standard InChI is InChI=1S/C29H32OS/c1-23(10-6-5-7-16-29(2,3)4)18-24-11-9-14-28(20-24)30-21-25-12-8-13-26(19-25)27-15-17-31-22-27/h5-6,8-9,11-15,17,19-20,22-23H,10,18,21H2,1-4H3. The SMILES string of the molecule is CC(CC=CC#CC(C)(C)C)Cc1cccc(OCc2cccc(-c3ccsc3)c2)c1. The fraction of sp³-hybridized carbons (Fsp3) is 0.310. The maximum absolute atomic E-state index is 6.10. The van der Waals surface area contributed by atoms with E-state index in [4.69, 9.17) is 4.74 Å². The lowest BCUT2D eigenvalue weighted by Crippen LogP contribution is -2.00. The molecule has 0 aliphatic heterocycles. The third kappa shape index (κ3) is 8.12. The van der Waals surface area contributed by atoms with Gasteiger partial charge in [0, 0.05) is 5.41 Å². The summed E-state index contributed by atoms with van der Waals surface area (Å²) in [5.74, 6) is 7.88. The number of hydrogen-bond donors (Lipinski definition) is 0. The number of thiophene rings is 1. The Morgan fingerprint density at radius 3 is 2.58 bits per heavy atom. The van der Waals surface area contributed by atoms with Crippen molar-refractivity contribution in [1.29, 1.82) is 0 Å². The molecule has 1 heterocycles. The van der Waals surface area contributed by atoms with Gasteiger partial charge in [-0.05, 0) is 103 Å². The van der Waals surface area contributed by atoms with Crippen LogP contribution in [0.1, 0.15) is 45.2 Å². The van der Waals surface area contributed by atoms with Gasteiger partial charge in [0.2, 0.25) is 0 Å². The fourth-order valence-electron chi connectivity index (χ4n) is 3.30. The molecule has 1 aromatic heterocycles. The first-order valence-corrected chi connectivity index (χ1v) is 11.8. The van der Waals surface area contributed by atoms with Crippen molar-refractivity contribution in [2.75, 3.05) is 0 Å². The van der Waals surface area contributed by atoms with Crippen molar-refractivity contribution < 1.29 is 4.74 Å². The molecule has 0 saturated carbocycles. The Labute approximate surface area is 191 Å². The molecule has 1 nitrogen and oxygen atoms in total. The molecule has 3 rings (SSSR count). The molecule has 0 fully saturated rings. The van der Waals surface area contributed by atoms with Crippen molar-refractivity contribution in [1.82, 2.24) is 0 Å². The number of benzene rings is 2. The summed E-state index contributed by atoms with van der Waals surface area (Å²) in [7, 11) is 0. The Morgan fingerprint density at radius 1 is 1.00 bits per heavy atom. The van der Waals surface area contributed by atoms with Gasteiger partial charge in [-0.3, -0.25) is 0 Å². The highest BCUT2D eigenvalue weighted by Gasteiger charge is 2.05. The summed E-state index contributed by atoms with van der Waals surface area (Å²) < 4.78 is 6.10. The molecule has 2 aromatic carbocycles. The highest BCUT2D eigenvalue weighted by Crippen LogP contribution is 2.24. The van der Waals surface area contributed by atoms with Crippen LogP contribution in [-0.2, 0) is 13.0 Å². The van der Waals surface area contributed by atoms with Crippen LogP contribution in [-0.4, -0.2) is 0 Å². The highest BCUT2D eigenvalue weighted by molar-refractivity contribution is 7.08. The molecule has 0 amide bonds. The molecule has 2 heteroatoms. The van der Waals surface area contributed by atoms with Crippen LogP contribution in [0.3, 0.4) is 0 Å². The first-order valence-electron chi connectivity index (χ1n) is 10.9. The lowest BCUT2D eigenvalue weighted by atomic mass is 9.97. The monoisotopic (exact) mass is 428 g/mol. The van der Waals surface area contributed by atoms with Crippen molar-refractivity contribution in [3.8, 4) is 28.7 Å². The molecule has 31 heavy (non-hydrogen) atoms. The molecule has 3 aromatic rings. The summed E-state index contributed by atoms with van der Waals surface area (Å²) in [5, 5.41) is 4.29. The molecular formula is C29H32OS. The Hall–Kier alpha value is -2.76. The lowest BCUT2D eigenvalue weighted by Gasteiger charge is -2.12. The summed E-state index contributed by atoms with van der Waals surface area (Å²) in [6.45, 7) is 9.25. The quantitative estimate of drug-likeness (QED) is 0.329. The second-order valence-corrected chi connectivity index (χ2v) is 9.90. The van der Waals surface area contributed by atoms with E-state index in [1.165, 1.54) is 22.3 Å².